The number of nitrogens with one attached hydrogen (secondary N) is 1. The van der Waals surface area contributed by atoms with Crippen molar-refractivity contribution in [3.05, 3.63) is 17.6 Å². The molecule has 3 heteroatoms. The van der Waals surface area contributed by atoms with E-state index in [0.717, 1.165) is 36.7 Å². The lowest BCUT2D eigenvalue weighted by Gasteiger charge is -2.18. The fourth-order valence-electron chi connectivity index (χ4n) is 1.47. The molecule has 0 aliphatic rings. The number of hydrogen-bond donors (Lipinski definition) is 1. The van der Waals surface area contributed by atoms with Crippen LogP contribution in [0, 0.1) is 12.3 Å². The molecule has 1 heterocycles. The Morgan fingerprint density at radius 2 is 1.94 bits per heavy atom. The van der Waals surface area contributed by atoms with Crippen molar-refractivity contribution in [3.8, 4) is 0 Å². The molecular formula is C13H23N3. The lowest BCUT2D eigenvalue weighted by molar-refractivity contribution is 0.389. The van der Waals surface area contributed by atoms with E-state index in [-0.39, 0.29) is 0 Å². The molecule has 1 N–H and O–H groups in total. The van der Waals surface area contributed by atoms with Gasteiger partial charge in [0.05, 0.1) is 0 Å². The summed E-state index contributed by atoms with van der Waals surface area (Å²) in [4.78, 5) is 8.74. The molecule has 1 aromatic rings. The van der Waals surface area contributed by atoms with Crippen LogP contribution in [0.2, 0.25) is 0 Å². The van der Waals surface area contributed by atoms with Gasteiger partial charge < -0.3 is 5.32 Å². The van der Waals surface area contributed by atoms with Crippen molar-refractivity contribution in [2.75, 3.05) is 11.9 Å². The summed E-state index contributed by atoms with van der Waals surface area (Å²) in [6.07, 6.45) is 2.09. The highest BCUT2D eigenvalue weighted by molar-refractivity contribution is 5.35. The molecule has 0 atom stereocenters. The second-order valence-electron chi connectivity index (χ2n) is 5.38. The topological polar surface area (TPSA) is 37.8 Å². The summed E-state index contributed by atoms with van der Waals surface area (Å²) >= 11 is 0. The molecule has 0 spiro atoms. The zero-order valence-electron chi connectivity index (χ0n) is 11.1. The molecule has 0 amide bonds. The van der Waals surface area contributed by atoms with Gasteiger partial charge in [-0.15, -0.1) is 0 Å². The highest BCUT2D eigenvalue weighted by Crippen LogP contribution is 2.18. The minimum absolute atomic E-state index is 0.364. The summed E-state index contributed by atoms with van der Waals surface area (Å²) < 4.78 is 0. The highest BCUT2D eigenvalue weighted by Gasteiger charge is 2.09. The Bertz CT molecular complexity index is 340. The van der Waals surface area contributed by atoms with E-state index >= 15 is 0 Å². The smallest absolute Gasteiger partial charge is 0.129 e. The van der Waals surface area contributed by atoms with Gasteiger partial charge in [-0.2, -0.15) is 0 Å². The van der Waals surface area contributed by atoms with Gasteiger partial charge in [0.25, 0.3) is 0 Å². The lowest BCUT2D eigenvalue weighted by atomic mass is 9.92. The first-order valence-corrected chi connectivity index (χ1v) is 5.99. The maximum absolute atomic E-state index is 4.38. The van der Waals surface area contributed by atoms with Crippen LogP contribution < -0.4 is 5.32 Å². The van der Waals surface area contributed by atoms with Gasteiger partial charge in [-0.3, -0.25) is 0 Å². The molecule has 0 saturated heterocycles. The van der Waals surface area contributed by atoms with Crippen molar-refractivity contribution < 1.29 is 0 Å². The molecular weight excluding hydrogens is 198 g/mol. The Labute approximate surface area is 98.7 Å². The molecule has 90 valence electrons. The Hall–Kier alpha value is -1.12. The number of hydrogen-bond acceptors (Lipinski definition) is 3. The normalized spacial score (nSPS) is 11.6. The average Bonchev–Trinajstić information content (AvgIpc) is 2.14. The molecule has 1 aromatic heterocycles. The van der Waals surface area contributed by atoms with Crippen molar-refractivity contribution in [2.24, 2.45) is 5.41 Å². The van der Waals surface area contributed by atoms with Gasteiger partial charge in [-0.05, 0) is 25.2 Å². The van der Waals surface area contributed by atoms with Crippen molar-refractivity contribution >= 4 is 5.82 Å². The fourth-order valence-corrected chi connectivity index (χ4v) is 1.47. The molecule has 16 heavy (non-hydrogen) atoms. The fraction of sp³-hybridized carbons (Fsp3) is 0.692. The number of anilines is 1. The van der Waals surface area contributed by atoms with E-state index in [0.29, 0.717) is 5.41 Å². The van der Waals surface area contributed by atoms with Crippen LogP contribution in [0.25, 0.3) is 0 Å². The second-order valence-corrected chi connectivity index (χ2v) is 5.38. The van der Waals surface area contributed by atoms with Gasteiger partial charge in [0.1, 0.15) is 11.6 Å². The molecule has 0 aliphatic heterocycles. The molecule has 0 unspecified atom stereocenters. The predicted molar refractivity (Wildman–Crippen MR) is 68.7 cm³/mol. The summed E-state index contributed by atoms with van der Waals surface area (Å²) in [6, 6.07) is 2.04. The SMILES string of the molecule is CCc1cc(NCCC(C)(C)C)nc(C)n1. The molecule has 0 aliphatic carbocycles. The van der Waals surface area contributed by atoms with Gasteiger partial charge in [0.2, 0.25) is 0 Å². The van der Waals surface area contributed by atoms with Crippen molar-refractivity contribution in [1.82, 2.24) is 9.97 Å². The number of aryl methyl sites for hydroxylation is 2. The first-order valence-electron chi connectivity index (χ1n) is 5.99. The van der Waals surface area contributed by atoms with Gasteiger partial charge in [0.15, 0.2) is 0 Å². The van der Waals surface area contributed by atoms with Crippen LogP contribution in [0.4, 0.5) is 5.82 Å². The van der Waals surface area contributed by atoms with Crippen molar-refractivity contribution in [2.45, 2.75) is 47.5 Å². The first kappa shape index (κ1) is 12.9. The molecule has 0 saturated carbocycles. The largest absolute Gasteiger partial charge is 0.370 e. The van der Waals surface area contributed by atoms with Crippen molar-refractivity contribution in [1.29, 1.82) is 0 Å². The molecule has 3 nitrogen and oxygen atoms in total. The third-order valence-corrected chi connectivity index (χ3v) is 2.43. The van der Waals surface area contributed by atoms with Crippen LogP contribution in [-0.4, -0.2) is 16.5 Å². The summed E-state index contributed by atoms with van der Waals surface area (Å²) in [6.45, 7) is 11.8. The van der Waals surface area contributed by atoms with Gasteiger partial charge in [0, 0.05) is 18.3 Å². The van der Waals surface area contributed by atoms with Crippen LogP contribution >= 0.6 is 0 Å². The van der Waals surface area contributed by atoms with Gasteiger partial charge in [-0.25, -0.2) is 9.97 Å². The van der Waals surface area contributed by atoms with E-state index in [4.69, 9.17) is 0 Å². The maximum Gasteiger partial charge on any atom is 0.129 e. The Kier molecular flexibility index (Phi) is 4.27. The zero-order chi connectivity index (χ0) is 12.2. The van der Waals surface area contributed by atoms with Crippen LogP contribution in [0.1, 0.15) is 45.6 Å². The minimum atomic E-state index is 0.364. The van der Waals surface area contributed by atoms with Crippen LogP contribution in [-0.2, 0) is 6.42 Å². The quantitative estimate of drug-likeness (QED) is 0.848. The van der Waals surface area contributed by atoms with Gasteiger partial charge >= 0.3 is 0 Å². The average molecular weight is 221 g/mol. The monoisotopic (exact) mass is 221 g/mol. The molecule has 0 aromatic carbocycles. The predicted octanol–water partition coefficient (Wildman–Crippen LogP) is 3.20. The highest BCUT2D eigenvalue weighted by atomic mass is 15.0. The standard InChI is InChI=1S/C13H23N3/c1-6-11-9-12(16-10(2)15-11)14-8-7-13(3,4)5/h9H,6-8H2,1-5H3,(H,14,15,16). The Morgan fingerprint density at radius 1 is 1.25 bits per heavy atom. The maximum atomic E-state index is 4.38. The second kappa shape index (κ2) is 5.28. The first-order chi connectivity index (χ1) is 7.40. The zero-order valence-corrected chi connectivity index (χ0v) is 11.1. The molecule has 0 bridgehead atoms. The molecule has 0 radical (unpaired) electrons. The summed E-state index contributed by atoms with van der Waals surface area (Å²) in [7, 11) is 0. The minimum Gasteiger partial charge on any atom is -0.370 e. The summed E-state index contributed by atoms with van der Waals surface area (Å²) in [5.41, 5.74) is 1.47. The number of nitrogens with zero attached hydrogens (tertiary/aromatic N) is 2. The van der Waals surface area contributed by atoms with Crippen molar-refractivity contribution in [3.63, 3.8) is 0 Å². The van der Waals surface area contributed by atoms with Crippen LogP contribution in [0.15, 0.2) is 6.07 Å². The lowest BCUT2D eigenvalue weighted by Crippen LogP contribution is -2.14. The van der Waals surface area contributed by atoms with E-state index in [1.54, 1.807) is 0 Å². The van der Waals surface area contributed by atoms with Gasteiger partial charge in [-0.1, -0.05) is 27.7 Å². The van der Waals surface area contributed by atoms with E-state index < -0.39 is 0 Å². The summed E-state index contributed by atoms with van der Waals surface area (Å²) in [5.74, 6) is 1.80. The third-order valence-electron chi connectivity index (χ3n) is 2.43. The van der Waals surface area contributed by atoms with E-state index in [1.807, 2.05) is 13.0 Å². The molecule has 1 rings (SSSR count). The van der Waals surface area contributed by atoms with Crippen LogP contribution in [0.5, 0.6) is 0 Å². The Balaban J connectivity index is 2.57. The van der Waals surface area contributed by atoms with E-state index in [2.05, 4.69) is 43.0 Å². The third kappa shape index (κ3) is 4.60. The Morgan fingerprint density at radius 3 is 2.50 bits per heavy atom. The number of aromatic nitrogens is 2. The summed E-state index contributed by atoms with van der Waals surface area (Å²) in [5, 5.41) is 3.37. The number of rotatable bonds is 4. The van der Waals surface area contributed by atoms with Crippen LogP contribution in [0.3, 0.4) is 0 Å². The van der Waals surface area contributed by atoms with E-state index in [9.17, 15) is 0 Å². The van der Waals surface area contributed by atoms with E-state index in [1.165, 1.54) is 0 Å². The molecule has 0 fully saturated rings.